The van der Waals surface area contributed by atoms with Gasteiger partial charge in [0.05, 0.1) is 0 Å². The Balaban J connectivity index is 1.99. The molecule has 0 aliphatic heterocycles. The first-order chi connectivity index (χ1) is 9.75. The lowest BCUT2D eigenvalue weighted by Crippen LogP contribution is -2.20. The smallest absolute Gasteiger partial charge is 0.308 e. The number of carbonyl (C=O) groups is 1. The van der Waals surface area contributed by atoms with Gasteiger partial charge in [0.1, 0.15) is 0 Å². The van der Waals surface area contributed by atoms with Gasteiger partial charge in [-0.3, -0.25) is 10.00 Å². The van der Waals surface area contributed by atoms with Gasteiger partial charge in [0.15, 0.2) is 5.82 Å². The molecule has 0 bridgehead atoms. The first kappa shape index (κ1) is 15.1. The number of amides is 2. The number of urea groups is 1. The third kappa shape index (κ3) is 3.84. The van der Waals surface area contributed by atoms with Crippen LogP contribution in [0.25, 0.3) is 0 Å². The van der Waals surface area contributed by atoms with Gasteiger partial charge in [-0.15, -0.1) is 0 Å². The van der Waals surface area contributed by atoms with Gasteiger partial charge in [0.2, 0.25) is 0 Å². The van der Waals surface area contributed by atoms with E-state index in [1.165, 1.54) is 5.56 Å². The molecular formula is C16H22N4O. The first-order valence-corrected chi connectivity index (χ1v) is 6.95. The molecule has 21 heavy (non-hydrogen) atoms. The van der Waals surface area contributed by atoms with E-state index in [4.69, 9.17) is 0 Å². The van der Waals surface area contributed by atoms with Gasteiger partial charge in [-0.2, -0.15) is 5.10 Å². The average Bonchev–Trinajstić information content (AvgIpc) is 2.67. The Morgan fingerprint density at radius 2 is 1.76 bits per heavy atom. The van der Waals surface area contributed by atoms with Crippen molar-refractivity contribution in [2.75, 3.05) is 10.6 Å². The summed E-state index contributed by atoms with van der Waals surface area (Å²) in [5, 5.41) is 9.70. The van der Waals surface area contributed by atoms with Crippen LogP contribution in [0.2, 0.25) is 0 Å². The van der Waals surface area contributed by atoms with Crippen molar-refractivity contribution >= 4 is 17.5 Å². The molecule has 112 valence electrons. The van der Waals surface area contributed by atoms with Crippen LogP contribution in [0.3, 0.4) is 0 Å². The van der Waals surface area contributed by atoms with Crippen LogP contribution in [0.15, 0.2) is 30.3 Å². The molecule has 1 aromatic carbocycles. The number of rotatable bonds is 2. The standard InChI is InChI=1S/C16H22N4O/c1-11-10-14(19-20(11)5)18-15(21)17-13-8-6-12(7-9-13)16(2,3)4/h6-10H,1-5H3,(H2,17,18,19,21). The summed E-state index contributed by atoms with van der Waals surface area (Å²) >= 11 is 0. The van der Waals surface area contributed by atoms with E-state index in [0.717, 1.165) is 11.4 Å². The van der Waals surface area contributed by atoms with Crippen LogP contribution in [0.4, 0.5) is 16.3 Å². The number of anilines is 2. The zero-order chi connectivity index (χ0) is 15.6. The molecule has 0 radical (unpaired) electrons. The van der Waals surface area contributed by atoms with Crippen LogP contribution < -0.4 is 10.6 Å². The minimum atomic E-state index is -0.295. The number of carbonyl (C=O) groups excluding carboxylic acids is 1. The quantitative estimate of drug-likeness (QED) is 0.885. The largest absolute Gasteiger partial charge is 0.324 e. The van der Waals surface area contributed by atoms with Crippen LogP contribution in [-0.4, -0.2) is 15.8 Å². The normalized spacial score (nSPS) is 11.3. The molecule has 0 saturated heterocycles. The molecule has 2 amide bonds. The highest BCUT2D eigenvalue weighted by atomic mass is 16.2. The summed E-state index contributed by atoms with van der Waals surface area (Å²) in [6.45, 7) is 8.41. The van der Waals surface area contributed by atoms with Gasteiger partial charge in [0.25, 0.3) is 0 Å². The second-order valence-corrected chi connectivity index (χ2v) is 6.20. The Hall–Kier alpha value is -2.30. The lowest BCUT2D eigenvalue weighted by atomic mass is 9.87. The molecule has 0 spiro atoms. The average molecular weight is 286 g/mol. The van der Waals surface area contributed by atoms with Crippen LogP contribution in [0.5, 0.6) is 0 Å². The zero-order valence-corrected chi connectivity index (χ0v) is 13.2. The predicted octanol–water partition coefficient (Wildman–Crippen LogP) is 3.67. The summed E-state index contributed by atoms with van der Waals surface area (Å²) in [5.74, 6) is 0.541. The molecule has 0 aliphatic rings. The van der Waals surface area contributed by atoms with Crippen molar-refractivity contribution in [3.05, 3.63) is 41.6 Å². The summed E-state index contributed by atoms with van der Waals surface area (Å²) in [5.41, 5.74) is 3.08. The van der Waals surface area contributed by atoms with E-state index in [2.05, 4.69) is 36.5 Å². The molecule has 2 rings (SSSR count). The second-order valence-electron chi connectivity index (χ2n) is 6.20. The monoisotopic (exact) mass is 286 g/mol. The maximum Gasteiger partial charge on any atom is 0.324 e. The number of benzene rings is 1. The topological polar surface area (TPSA) is 59.0 Å². The molecule has 1 heterocycles. The summed E-state index contributed by atoms with van der Waals surface area (Å²) in [6.07, 6.45) is 0. The molecule has 0 atom stereocenters. The Bertz CT molecular complexity index is 616. The van der Waals surface area contributed by atoms with Gasteiger partial charge < -0.3 is 5.32 Å². The summed E-state index contributed by atoms with van der Waals surface area (Å²) in [6, 6.07) is 9.40. The SMILES string of the molecule is Cc1cc(NC(=O)Nc2ccc(C(C)(C)C)cc2)nn1C. The Kier molecular flexibility index (Phi) is 4.02. The predicted molar refractivity (Wildman–Crippen MR) is 85.7 cm³/mol. The number of aromatic nitrogens is 2. The summed E-state index contributed by atoms with van der Waals surface area (Å²) in [4.78, 5) is 11.9. The van der Waals surface area contributed by atoms with E-state index >= 15 is 0 Å². The lowest BCUT2D eigenvalue weighted by Gasteiger charge is -2.19. The number of nitrogens with one attached hydrogen (secondary N) is 2. The van der Waals surface area contributed by atoms with Crippen molar-refractivity contribution in [1.29, 1.82) is 0 Å². The molecule has 2 aromatic rings. The van der Waals surface area contributed by atoms with E-state index in [0.29, 0.717) is 5.82 Å². The number of hydrogen-bond donors (Lipinski definition) is 2. The van der Waals surface area contributed by atoms with E-state index in [9.17, 15) is 4.79 Å². The third-order valence-electron chi connectivity index (χ3n) is 3.36. The van der Waals surface area contributed by atoms with Crippen LogP contribution in [0.1, 0.15) is 32.0 Å². The van der Waals surface area contributed by atoms with E-state index < -0.39 is 0 Å². The first-order valence-electron chi connectivity index (χ1n) is 6.95. The fourth-order valence-corrected chi connectivity index (χ4v) is 1.95. The van der Waals surface area contributed by atoms with E-state index in [-0.39, 0.29) is 11.4 Å². The van der Waals surface area contributed by atoms with E-state index in [1.807, 2.05) is 44.3 Å². The van der Waals surface area contributed by atoms with Crippen molar-refractivity contribution < 1.29 is 4.79 Å². The fraction of sp³-hybridized carbons (Fsp3) is 0.375. The van der Waals surface area contributed by atoms with Crippen molar-refractivity contribution in [3.8, 4) is 0 Å². The number of hydrogen-bond acceptors (Lipinski definition) is 2. The minimum absolute atomic E-state index is 0.103. The minimum Gasteiger partial charge on any atom is -0.308 e. The third-order valence-corrected chi connectivity index (χ3v) is 3.36. The Morgan fingerprint density at radius 3 is 2.24 bits per heavy atom. The highest BCUT2D eigenvalue weighted by Gasteiger charge is 2.13. The van der Waals surface area contributed by atoms with Crippen LogP contribution in [0, 0.1) is 6.92 Å². The van der Waals surface area contributed by atoms with Crippen molar-refractivity contribution in [3.63, 3.8) is 0 Å². The fourth-order valence-electron chi connectivity index (χ4n) is 1.95. The van der Waals surface area contributed by atoms with Gasteiger partial charge in [-0.1, -0.05) is 32.9 Å². The van der Waals surface area contributed by atoms with Gasteiger partial charge in [-0.25, -0.2) is 4.79 Å². The molecule has 0 aliphatic carbocycles. The van der Waals surface area contributed by atoms with Gasteiger partial charge in [0, 0.05) is 24.5 Å². The zero-order valence-electron chi connectivity index (χ0n) is 13.2. The molecule has 0 fully saturated rings. The molecule has 0 unspecified atom stereocenters. The van der Waals surface area contributed by atoms with E-state index in [1.54, 1.807) is 4.68 Å². The maximum atomic E-state index is 11.9. The van der Waals surface area contributed by atoms with Crippen LogP contribution >= 0.6 is 0 Å². The molecule has 1 aromatic heterocycles. The van der Waals surface area contributed by atoms with Crippen molar-refractivity contribution in [2.24, 2.45) is 7.05 Å². The molecule has 2 N–H and O–H groups in total. The van der Waals surface area contributed by atoms with Gasteiger partial charge in [-0.05, 0) is 30.0 Å². The second kappa shape index (κ2) is 5.60. The molecule has 5 nitrogen and oxygen atoms in total. The van der Waals surface area contributed by atoms with Crippen molar-refractivity contribution in [1.82, 2.24) is 9.78 Å². The van der Waals surface area contributed by atoms with Crippen molar-refractivity contribution in [2.45, 2.75) is 33.1 Å². The summed E-state index contributed by atoms with van der Waals surface area (Å²) < 4.78 is 1.72. The Morgan fingerprint density at radius 1 is 1.14 bits per heavy atom. The van der Waals surface area contributed by atoms with Crippen LogP contribution in [-0.2, 0) is 12.5 Å². The lowest BCUT2D eigenvalue weighted by molar-refractivity contribution is 0.262. The Labute approximate surface area is 125 Å². The highest BCUT2D eigenvalue weighted by molar-refractivity contribution is 5.99. The number of nitrogens with zero attached hydrogens (tertiary/aromatic N) is 2. The molecule has 0 saturated carbocycles. The highest BCUT2D eigenvalue weighted by Crippen LogP contribution is 2.23. The molecular weight excluding hydrogens is 264 g/mol. The summed E-state index contributed by atoms with van der Waals surface area (Å²) in [7, 11) is 1.84. The molecule has 5 heteroatoms. The maximum absolute atomic E-state index is 11.9. The van der Waals surface area contributed by atoms with Gasteiger partial charge >= 0.3 is 6.03 Å². The number of aryl methyl sites for hydroxylation is 2.